The third kappa shape index (κ3) is 3.44. The first kappa shape index (κ1) is 11.9. The van der Waals surface area contributed by atoms with E-state index in [1.807, 2.05) is 30.3 Å². The number of hydrogen-bond donors (Lipinski definition) is 1. The van der Waals surface area contributed by atoms with Crippen LogP contribution in [0.25, 0.3) is 0 Å². The van der Waals surface area contributed by atoms with Gasteiger partial charge in [0, 0.05) is 11.2 Å². The van der Waals surface area contributed by atoms with Gasteiger partial charge < -0.3 is 10.5 Å². The lowest BCUT2D eigenvalue weighted by Gasteiger charge is -2.12. The molecule has 0 aliphatic heterocycles. The maximum absolute atomic E-state index is 5.96. The number of nitrogens with zero attached hydrogens (tertiary/aromatic N) is 1. The van der Waals surface area contributed by atoms with Crippen LogP contribution in [-0.2, 0) is 0 Å². The second-order valence-electron chi connectivity index (χ2n) is 3.63. The van der Waals surface area contributed by atoms with Crippen LogP contribution >= 0.6 is 11.6 Å². The highest BCUT2D eigenvalue weighted by Crippen LogP contribution is 2.18. The Kier molecular flexibility index (Phi) is 3.96. The molecule has 0 saturated heterocycles. The maximum Gasteiger partial charge on any atom is 0.120 e. The molecule has 88 valence electrons. The third-order valence-corrected chi connectivity index (χ3v) is 2.53. The van der Waals surface area contributed by atoms with Gasteiger partial charge in [0.05, 0.1) is 11.7 Å². The number of ether oxygens (including phenoxy) is 1. The minimum Gasteiger partial charge on any atom is -0.492 e. The fraction of sp³-hybridized carbons (Fsp3) is 0.154. The number of aromatic nitrogens is 1. The van der Waals surface area contributed by atoms with E-state index >= 15 is 0 Å². The van der Waals surface area contributed by atoms with Crippen LogP contribution < -0.4 is 10.5 Å². The monoisotopic (exact) mass is 248 g/mol. The van der Waals surface area contributed by atoms with Crippen LogP contribution in [-0.4, -0.2) is 11.6 Å². The van der Waals surface area contributed by atoms with E-state index in [0.717, 1.165) is 5.69 Å². The highest BCUT2D eigenvalue weighted by Gasteiger charge is 2.07. The van der Waals surface area contributed by atoms with Gasteiger partial charge in [-0.1, -0.05) is 23.7 Å². The SMILES string of the molecule is NC(COc1cccc(Cl)c1)c1ccccn1. The molecule has 17 heavy (non-hydrogen) atoms. The van der Waals surface area contributed by atoms with Gasteiger partial charge in [-0.05, 0) is 30.3 Å². The second kappa shape index (κ2) is 5.66. The van der Waals surface area contributed by atoms with Crippen molar-refractivity contribution in [3.63, 3.8) is 0 Å². The molecule has 0 fully saturated rings. The van der Waals surface area contributed by atoms with Gasteiger partial charge in [0.2, 0.25) is 0 Å². The van der Waals surface area contributed by atoms with E-state index in [9.17, 15) is 0 Å². The van der Waals surface area contributed by atoms with Gasteiger partial charge in [0.15, 0.2) is 0 Å². The average molecular weight is 249 g/mol. The van der Waals surface area contributed by atoms with Crippen LogP contribution in [0.4, 0.5) is 0 Å². The summed E-state index contributed by atoms with van der Waals surface area (Å²) in [7, 11) is 0. The Morgan fingerprint density at radius 1 is 1.24 bits per heavy atom. The van der Waals surface area contributed by atoms with Crippen molar-refractivity contribution in [1.82, 2.24) is 4.98 Å². The van der Waals surface area contributed by atoms with Gasteiger partial charge >= 0.3 is 0 Å². The second-order valence-corrected chi connectivity index (χ2v) is 4.07. The van der Waals surface area contributed by atoms with Crippen molar-refractivity contribution in [3.8, 4) is 5.75 Å². The van der Waals surface area contributed by atoms with Crippen molar-refractivity contribution in [2.24, 2.45) is 5.73 Å². The van der Waals surface area contributed by atoms with Crippen molar-refractivity contribution in [3.05, 3.63) is 59.4 Å². The molecule has 0 bridgehead atoms. The van der Waals surface area contributed by atoms with Crippen molar-refractivity contribution in [2.45, 2.75) is 6.04 Å². The summed E-state index contributed by atoms with van der Waals surface area (Å²) in [6, 6.07) is 12.6. The molecular weight excluding hydrogens is 236 g/mol. The molecule has 0 spiro atoms. The molecule has 2 rings (SSSR count). The number of halogens is 1. The molecule has 1 atom stereocenters. The predicted molar refractivity (Wildman–Crippen MR) is 68.1 cm³/mol. The van der Waals surface area contributed by atoms with Crippen LogP contribution in [0.3, 0.4) is 0 Å². The fourth-order valence-electron chi connectivity index (χ4n) is 1.42. The Bertz CT molecular complexity index is 476. The smallest absolute Gasteiger partial charge is 0.120 e. The van der Waals surface area contributed by atoms with Gasteiger partial charge in [0.25, 0.3) is 0 Å². The number of rotatable bonds is 4. The Labute approximate surface area is 105 Å². The molecule has 1 aromatic carbocycles. The maximum atomic E-state index is 5.96. The molecule has 0 radical (unpaired) electrons. The molecule has 0 aliphatic rings. The summed E-state index contributed by atoms with van der Waals surface area (Å²) in [5.41, 5.74) is 6.77. The molecule has 4 heteroatoms. The number of nitrogens with two attached hydrogens (primary N) is 1. The summed E-state index contributed by atoms with van der Waals surface area (Å²) in [4.78, 5) is 4.18. The van der Waals surface area contributed by atoms with Gasteiger partial charge in [-0.3, -0.25) is 4.98 Å². The van der Waals surface area contributed by atoms with Gasteiger partial charge in [-0.25, -0.2) is 0 Å². The minimum atomic E-state index is -0.241. The Morgan fingerprint density at radius 2 is 2.12 bits per heavy atom. The summed E-state index contributed by atoms with van der Waals surface area (Å²) < 4.78 is 5.55. The fourth-order valence-corrected chi connectivity index (χ4v) is 1.60. The zero-order valence-electron chi connectivity index (χ0n) is 9.21. The standard InChI is InChI=1S/C13H13ClN2O/c14-10-4-3-5-11(8-10)17-9-12(15)13-6-1-2-7-16-13/h1-8,12H,9,15H2. The summed E-state index contributed by atoms with van der Waals surface area (Å²) >= 11 is 5.85. The van der Waals surface area contributed by atoms with E-state index in [4.69, 9.17) is 22.1 Å². The number of hydrogen-bond acceptors (Lipinski definition) is 3. The van der Waals surface area contributed by atoms with Gasteiger partial charge in [0.1, 0.15) is 12.4 Å². The predicted octanol–water partition coefficient (Wildman–Crippen LogP) is 2.81. The Balaban J connectivity index is 1.95. The van der Waals surface area contributed by atoms with Crippen LogP contribution in [0.2, 0.25) is 5.02 Å². The van der Waals surface area contributed by atoms with E-state index in [-0.39, 0.29) is 6.04 Å². The van der Waals surface area contributed by atoms with Crippen LogP contribution in [0.1, 0.15) is 11.7 Å². The lowest BCUT2D eigenvalue weighted by molar-refractivity contribution is 0.288. The van der Waals surface area contributed by atoms with E-state index in [2.05, 4.69) is 4.98 Å². The topological polar surface area (TPSA) is 48.1 Å². The van der Waals surface area contributed by atoms with E-state index in [0.29, 0.717) is 17.4 Å². The first-order valence-electron chi connectivity index (χ1n) is 5.30. The highest BCUT2D eigenvalue weighted by molar-refractivity contribution is 6.30. The van der Waals surface area contributed by atoms with E-state index in [1.54, 1.807) is 18.3 Å². The van der Waals surface area contributed by atoms with Crippen molar-refractivity contribution in [1.29, 1.82) is 0 Å². The molecule has 2 aromatic rings. The molecule has 2 N–H and O–H groups in total. The molecule has 1 heterocycles. The first-order valence-corrected chi connectivity index (χ1v) is 5.68. The average Bonchev–Trinajstić information content (AvgIpc) is 2.37. The molecule has 0 amide bonds. The zero-order chi connectivity index (χ0) is 12.1. The molecule has 3 nitrogen and oxygen atoms in total. The molecule has 1 unspecified atom stereocenters. The Morgan fingerprint density at radius 3 is 2.82 bits per heavy atom. The molecule has 1 aromatic heterocycles. The summed E-state index contributed by atoms with van der Waals surface area (Å²) in [5.74, 6) is 0.712. The molecular formula is C13H13ClN2O. The summed E-state index contributed by atoms with van der Waals surface area (Å²) in [6.07, 6.45) is 1.72. The van der Waals surface area contributed by atoms with Gasteiger partial charge in [-0.2, -0.15) is 0 Å². The van der Waals surface area contributed by atoms with Crippen LogP contribution in [0.15, 0.2) is 48.7 Å². The highest BCUT2D eigenvalue weighted by atomic mass is 35.5. The first-order chi connectivity index (χ1) is 8.25. The van der Waals surface area contributed by atoms with E-state index in [1.165, 1.54) is 0 Å². The van der Waals surface area contributed by atoms with E-state index < -0.39 is 0 Å². The lowest BCUT2D eigenvalue weighted by atomic mass is 10.2. The number of benzene rings is 1. The molecule has 0 saturated carbocycles. The summed E-state index contributed by atoms with van der Waals surface area (Å²) in [6.45, 7) is 0.372. The lowest BCUT2D eigenvalue weighted by Crippen LogP contribution is -2.20. The van der Waals surface area contributed by atoms with Gasteiger partial charge in [-0.15, -0.1) is 0 Å². The minimum absolute atomic E-state index is 0.241. The quantitative estimate of drug-likeness (QED) is 0.905. The summed E-state index contributed by atoms with van der Waals surface area (Å²) in [5, 5.41) is 0.647. The zero-order valence-corrected chi connectivity index (χ0v) is 9.97. The third-order valence-electron chi connectivity index (χ3n) is 2.29. The van der Waals surface area contributed by atoms with Crippen molar-refractivity contribution >= 4 is 11.6 Å². The largest absolute Gasteiger partial charge is 0.492 e. The van der Waals surface area contributed by atoms with Crippen molar-refractivity contribution < 1.29 is 4.74 Å². The van der Waals surface area contributed by atoms with Crippen LogP contribution in [0, 0.1) is 0 Å². The number of pyridine rings is 1. The van der Waals surface area contributed by atoms with Crippen molar-refractivity contribution in [2.75, 3.05) is 6.61 Å². The normalized spacial score (nSPS) is 12.1. The van der Waals surface area contributed by atoms with Crippen LogP contribution in [0.5, 0.6) is 5.75 Å². The Hall–Kier alpha value is -1.58. The molecule has 0 aliphatic carbocycles.